The van der Waals surface area contributed by atoms with Crippen molar-refractivity contribution in [1.29, 1.82) is 0 Å². The third kappa shape index (κ3) is 7.29. The van der Waals surface area contributed by atoms with Crippen LogP contribution in [0.2, 0.25) is 0 Å². The molecule has 1 aliphatic heterocycles. The number of nitrogens with zero attached hydrogens (tertiary/aromatic N) is 3. The van der Waals surface area contributed by atoms with Gasteiger partial charge in [-0.2, -0.15) is 0 Å². The van der Waals surface area contributed by atoms with Crippen molar-refractivity contribution >= 4 is 23.7 Å². The van der Waals surface area contributed by atoms with Crippen molar-refractivity contribution in [2.75, 3.05) is 6.54 Å². The molecule has 39 heavy (non-hydrogen) atoms. The summed E-state index contributed by atoms with van der Waals surface area (Å²) in [5, 5.41) is 14.9. The molecule has 0 radical (unpaired) electrons. The lowest BCUT2D eigenvalue weighted by atomic mass is 10.0. The summed E-state index contributed by atoms with van der Waals surface area (Å²) in [4.78, 5) is 66.6. The Morgan fingerprint density at radius 2 is 1.62 bits per heavy atom. The van der Waals surface area contributed by atoms with E-state index in [0.29, 0.717) is 37.2 Å². The van der Waals surface area contributed by atoms with Crippen LogP contribution in [-0.2, 0) is 38.4 Å². The number of nitrogens with one attached hydrogen (secondary N) is 4. The monoisotopic (exact) mass is 536 g/mol. The summed E-state index contributed by atoms with van der Waals surface area (Å²) in [5.74, 6) is -2.75. The number of H-pyrrole nitrogens is 2. The van der Waals surface area contributed by atoms with Gasteiger partial charge in [0.2, 0.25) is 17.7 Å². The zero-order valence-electron chi connectivity index (χ0n) is 21.2. The molecule has 4 atom stereocenters. The Hall–Kier alpha value is -4.52. The molecular formula is C26H32N8O5. The van der Waals surface area contributed by atoms with Crippen LogP contribution in [-0.4, -0.2) is 84.3 Å². The first-order valence-electron chi connectivity index (χ1n) is 12.7. The highest BCUT2D eigenvalue weighted by atomic mass is 16.4. The van der Waals surface area contributed by atoms with Crippen molar-refractivity contribution in [2.24, 2.45) is 5.73 Å². The summed E-state index contributed by atoms with van der Waals surface area (Å²) < 4.78 is 0. The molecule has 4 unspecified atom stereocenters. The predicted molar refractivity (Wildman–Crippen MR) is 139 cm³/mol. The number of hydrogen-bond acceptors (Lipinski definition) is 7. The number of carboxylic acids is 1. The van der Waals surface area contributed by atoms with Gasteiger partial charge < -0.3 is 36.3 Å². The second-order valence-electron chi connectivity index (χ2n) is 9.51. The van der Waals surface area contributed by atoms with Crippen LogP contribution < -0.4 is 16.4 Å². The van der Waals surface area contributed by atoms with E-state index in [1.807, 2.05) is 30.3 Å². The fraction of sp³-hybridized carbons (Fsp3) is 0.385. The number of carbonyl (C=O) groups excluding carboxylic acids is 3. The zero-order valence-corrected chi connectivity index (χ0v) is 21.2. The van der Waals surface area contributed by atoms with E-state index in [9.17, 15) is 24.3 Å². The van der Waals surface area contributed by atoms with Crippen LogP contribution in [0.15, 0.2) is 55.4 Å². The van der Waals surface area contributed by atoms with E-state index in [4.69, 9.17) is 5.73 Å². The molecule has 13 heteroatoms. The molecule has 0 spiro atoms. The highest BCUT2D eigenvalue weighted by molar-refractivity contribution is 5.94. The number of carboxylic acid groups (broad SMARTS) is 1. The van der Waals surface area contributed by atoms with Crippen LogP contribution in [0, 0.1) is 0 Å². The summed E-state index contributed by atoms with van der Waals surface area (Å²) in [5.41, 5.74) is 8.22. The number of nitrogens with two attached hydrogens (primary N) is 1. The first-order chi connectivity index (χ1) is 18.8. The van der Waals surface area contributed by atoms with Crippen molar-refractivity contribution in [3.63, 3.8) is 0 Å². The van der Waals surface area contributed by atoms with Gasteiger partial charge in [-0.1, -0.05) is 30.3 Å². The Morgan fingerprint density at radius 3 is 2.21 bits per heavy atom. The quantitative estimate of drug-likeness (QED) is 0.178. The summed E-state index contributed by atoms with van der Waals surface area (Å²) in [7, 11) is 0. The lowest BCUT2D eigenvalue weighted by Gasteiger charge is -2.28. The average Bonchev–Trinajstić information content (AvgIpc) is 3.71. The third-order valence-corrected chi connectivity index (χ3v) is 6.66. The molecule has 3 aromatic rings. The standard InChI is InChI=1S/C26H32N8O5/c27-19(9-16-5-2-1-3-6-16)25(37)34-8-4-7-22(34)24(36)32-20(10-17-12-28-14-30-17)23(35)33-21(26(38)39)11-18-13-29-15-31-18/h1-3,5-6,12-15,19-22H,4,7-11,27H2,(H,28,30)(H,29,31)(H,32,36)(H,33,35)(H,38,39). The zero-order chi connectivity index (χ0) is 27.8. The van der Waals surface area contributed by atoms with E-state index in [-0.39, 0.29) is 18.7 Å². The topological polar surface area (TPSA) is 199 Å². The number of aromatic amines is 2. The molecule has 1 aliphatic rings. The number of likely N-dealkylation sites (tertiary alicyclic amines) is 1. The molecular weight excluding hydrogens is 504 g/mol. The van der Waals surface area contributed by atoms with Gasteiger partial charge in [-0.25, -0.2) is 14.8 Å². The number of hydrogen-bond donors (Lipinski definition) is 6. The Labute approximate surface area is 224 Å². The van der Waals surface area contributed by atoms with Gasteiger partial charge in [-0.15, -0.1) is 0 Å². The van der Waals surface area contributed by atoms with Crippen LogP contribution in [0.1, 0.15) is 29.8 Å². The molecule has 0 aliphatic carbocycles. The summed E-state index contributed by atoms with van der Waals surface area (Å²) >= 11 is 0. The molecule has 206 valence electrons. The Kier molecular flexibility index (Phi) is 9.05. The molecule has 3 amide bonds. The van der Waals surface area contributed by atoms with Gasteiger partial charge in [0.05, 0.1) is 18.7 Å². The molecule has 13 nitrogen and oxygen atoms in total. The van der Waals surface area contributed by atoms with E-state index in [2.05, 4.69) is 30.6 Å². The Balaban J connectivity index is 1.44. The summed E-state index contributed by atoms with van der Waals surface area (Å²) in [6.07, 6.45) is 7.24. The molecule has 2 aromatic heterocycles. The second kappa shape index (κ2) is 12.8. The Morgan fingerprint density at radius 1 is 0.974 bits per heavy atom. The van der Waals surface area contributed by atoms with Crippen molar-refractivity contribution in [1.82, 2.24) is 35.5 Å². The average molecular weight is 537 g/mol. The normalized spacial score (nSPS) is 17.3. The maximum absolute atomic E-state index is 13.4. The van der Waals surface area contributed by atoms with Gasteiger partial charge in [0, 0.05) is 43.2 Å². The molecule has 1 fully saturated rings. The van der Waals surface area contributed by atoms with Crippen LogP contribution in [0.3, 0.4) is 0 Å². The molecule has 1 saturated heterocycles. The number of imidazole rings is 2. The molecule has 3 heterocycles. The number of rotatable bonds is 12. The fourth-order valence-electron chi connectivity index (χ4n) is 4.65. The lowest BCUT2D eigenvalue weighted by molar-refractivity contribution is -0.143. The molecule has 7 N–H and O–H groups in total. The van der Waals surface area contributed by atoms with Crippen LogP contribution in [0.5, 0.6) is 0 Å². The van der Waals surface area contributed by atoms with Crippen molar-refractivity contribution in [3.8, 4) is 0 Å². The van der Waals surface area contributed by atoms with Crippen LogP contribution in [0.4, 0.5) is 0 Å². The third-order valence-electron chi connectivity index (χ3n) is 6.66. The van der Waals surface area contributed by atoms with Crippen LogP contribution in [0.25, 0.3) is 0 Å². The first kappa shape index (κ1) is 27.5. The molecule has 0 saturated carbocycles. The van der Waals surface area contributed by atoms with Gasteiger partial charge >= 0.3 is 5.97 Å². The second-order valence-corrected chi connectivity index (χ2v) is 9.51. The summed E-state index contributed by atoms with van der Waals surface area (Å²) in [6, 6.07) is 5.41. The van der Waals surface area contributed by atoms with Crippen molar-refractivity contribution in [3.05, 3.63) is 72.3 Å². The molecule has 4 rings (SSSR count). The van der Waals surface area contributed by atoms with Gasteiger partial charge in [0.1, 0.15) is 18.1 Å². The van der Waals surface area contributed by atoms with E-state index in [1.165, 1.54) is 29.9 Å². The highest BCUT2D eigenvalue weighted by Gasteiger charge is 2.38. The van der Waals surface area contributed by atoms with Gasteiger partial charge in [-0.05, 0) is 24.8 Å². The number of amides is 3. The van der Waals surface area contributed by atoms with Gasteiger partial charge in [0.25, 0.3) is 0 Å². The number of benzene rings is 1. The largest absolute Gasteiger partial charge is 0.480 e. The lowest BCUT2D eigenvalue weighted by Crippen LogP contribution is -2.57. The molecule has 1 aromatic carbocycles. The number of carbonyl (C=O) groups is 4. The maximum atomic E-state index is 13.4. The smallest absolute Gasteiger partial charge is 0.326 e. The number of aliphatic carboxylic acids is 1. The van der Waals surface area contributed by atoms with Gasteiger partial charge in [-0.3, -0.25) is 14.4 Å². The molecule has 0 bridgehead atoms. The van der Waals surface area contributed by atoms with E-state index < -0.39 is 42.0 Å². The van der Waals surface area contributed by atoms with Crippen molar-refractivity contribution < 1.29 is 24.3 Å². The minimum absolute atomic E-state index is 0.0179. The van der Waals surface area contributed by atoms with E-state index in [0.717, 1.165) is 5.56 Å². The number of aromatic nitrogens is 4. The SMILES string of the molecule is NC(Cc1ccccc1)C(=O)N1CCCC1C(=O)NC(Cc1cnc[nH]1)C(=O)NC(Cc1cnc[nH]1)C(=O)O. The minimum Gasteiger partial charge on any atom is -0.480 e. The first-order valence-corrected chi connectivity index (χ1v) is 12.7. The fourth-order valence-corrected chi connectivity index (χ4v) is 4.65. The summed E-state index contributed by atoms with van der Waals surface area (Å²) in [6.45, 7) is 0.377. The van der Waals surface area contributed by atoms with E-state index >= 15 is 0 Å². The highest BCUT2D eigenvalue weighted by Crippen LogP contribution is 2.20. The Bertz CT molecular complexity index is 1250. The minimum atomic E-state index is -1.25. The van der Waals surface area contributed by atoms with E-state index in [1.54, 1.807) is 0 Å². The van der Waals surface area contributed by atoms with Crippen LogP contribution >= 0.6 is 0 Å². The predicted octanol–water partition coefficient (Wildman–Crippen LogP) is -0.467. The van der Waals surface area contributed by atoms with Crippen molar-refractivity contribution in [2.45, 2.75) is 56.3 Å². The maximum Gasteiger partial charge on any atom is 0.326 e. The van der Waals surface area contributed by atoms with Gasteiger partial charge in [0.15, 0.2) is 0 Å².